The molecule has 0 fully saturated rings. The van der Waals surface area contributed by atoms with Gasteiger partial charge in [-0.3, -0.25) is 0 Å². The maximum atomic E-state index is 11.0. The van der Waals surface area contributed by atoms with Gasteiger partial charge in [0.2, 0.25) is 0 Å². The number of hydrogen-bond donors (Lipinski definition) is 1. The van der Waals surface area contributed by atoms with Gasteiger partial charge in [-0.15, -0.1) is 11.6 Å². The molecule has 2 atom stereocenters. The van der Waals surface area contributed by atoms with Gasteiger partial charge in [0.05, 0.1) is 6.10 Å². The first kappa shape index (κ1) is 11.7. The van der Waals surface area contributed by atoms with Crippen LogP contribution in [0.2, 0.25) is 0 Å². The van der Waals surface area contributed by atoms with Gasteiger partial charge in [-0.25, -0.2) is 4.79 Å². The Kier molecular flexibility index (Phi) is 6.11. The van der Waals surface area contributed by atoms with Crippen molar-refractivity contribution < 1.29 is 14.6 Å². The van der Waals surface area contributed by atoms with Gasteiger partial charge < -0.3 is 9.84 Å². The highest BCUT2D eigenvalue weighted by Gasteiger charge is 2.17. The van der Waals surface area contributed by atoms with Crippen molar-refractivity contribution in [2.45, 2.75) is 38.9 Å². The van der Waals surface area contributed by atoms with Crippen LogP contribution in [0, 0.1) is 0 Å². The first-order valence-corrected chi connectivity index (χ1v) is 4.59. The second-order valence-electron chi connectivity index (χ2n) is 2.65. The van der Waals surface area contributed by atoms with Crippen molar-refractivity contribution in [1.29, 1.82) is 0 Å². The van der Waals surface area contributed by atoms with Gasteiger partial charge in [0, 0.05) is 5.88 Å². The second-order valence-corrected chi connectivity index (χ2v) is 3.03. The molecular formula is C8H15ClO3. The Bertz CT molecular complexity index is 138. The molecule has 0 heterocycles. The van der Waals surface area contributed by atoms with Crippen LogP contribution in [0.1, 0.15) is 26.7 Å². The topological polar surface area (TPSA) is 46.5 Å². The zero-order chi connectivity index (χ0) is 9.56. The Labute approximate surface area is 77.7 Å². The minimum atomic E-state index is -1.07. The summed E-state index contributed by atoms with van der Waals surface area (Å²) < 4.78 is 4.87. The van der Waals surface area contributed by atoms with Crippen LogP contribution in [-0.2, 0) is 9.53 Å². The third kappa shape index (κ3) is 4.57. The molecule has 12 heavy (non-hydrogen) atoms. The highest BCUT2D eigenvalue weighted by Crippen LogP contribution is 2.02. The predicted octanol–water partition coefficient (Wildman–Crippen LogP) is 1.32. The Hall–Kier alpha value is -0.280. The number of halogens is 1. The molecule has 0 saturated heterocycles. The number of esters is 1. The number of aliphatic hydroxyl groups excluding tert-OH is 1. The van der Waals surface area contributed by atoms with Crippen molar-refractivity contribution in [2.75, 3.05) is 5.88 Å². The summed E-state index contributed by atoms with van der Waals surface area (Å²) in [6, 6.07) is 0. The van der Waals surface area contributed by atoms with Gasteiger partial charge in [0.1, 0.15) is 0 Å². The lowest BCUT2D eigenvalue weighted by Gasteiger charge is -2.13. The van der Waals surface area contributed by atoms with Gasteiger partial charge >= 0.3 is 5.97 Å². The van der Waals surface area contributed by atoms with E-state index in [1.165, 1.54) is 0 Å². The lowest BCUT2D eigenvalue weighted by molar-refractivity contribution is -0.158. The Morgan fingerprint density at radius 2 is 2.25 bits per heavy atom. The molecule has 1 N–H and O–H groups in total. The standard InChI is InChI=1S/C8H15ClO3/c1-3-6(2)12-8(11)7(10)4-5-9/h6-7,10H,3-5H2,1-2H3. The average Bonchev–Trinajstić information content (AvgIpc) is 2.04. The van der Waals surface area contributed by atoms with Crippen molar-refractivity contribution >= 4 is 17.6 Å². The molecule has 0 rings (SSSR count). The van der Waals surface area contributed by atoms with E-state index in [1.54, 1.807) is 6.92 Å². The minimum Gasteiger partial charge on any atom is -0.461 e. The second kappa shape index (κ2) is 6.26. The molecule has 0 saturated carbocycles. The van der Waals surface area contributed by atoms with E-state index >= 15 is 0 Å². The molecular weight excluding hydrogens is 180 g/mol. The Balaban J connectivity index is 3.70. The first-order chi connectivity index (χ1) is 5.61. The smallest absolute Gasteiger partial charge is 0.335 e. The average molecular weight is 195 g/mol. The highest BCUT2D eigenvalue weighted by molar-refractivity contribution is 6.18. The van der Waals surface area contributed by atoms with Crippen LogP contribution in [0.3, 0.4) is 0 Å². The third-order valence-corrected chi connectivity index (χ3v) is 1.77. The number of aliphatic hydroxyl groups is 1. The molecule has 0 aromatic heterocycles. The summed E-state index contributed by atoms with van der Waals surface area (Å²) in [6.45, 7) is 3.69. The number of hydrogen-bond acceptors (Lipinski definition) is 3. The fourth-order valence-corrected chi connectivity index (χ4v) is 0.788. The van der Waals surface area contributed by atoms with E-state index in [1.807, 2.05) is 6.92 Å². The molecule has 72 valence electrons. The summed E-state index contributed by atoms with van der Waals surface area (Å²) in [5, 5.41) is 9.10. The van der Waals surface area contributed by atoms with Crippen LogP contribution >= 0.6 is 11.6 Å². The van der Waals surface area contributed by atoms with Crippen molar-refractivity contribution in [2.24, 2.45) is 0 Å². The fourth-order valence-electron chi connectivity index (χ4n) is 0.581. The van der Waals surface area contributed by atoms with E-state index in [0.29, 0.717) is 0 Å². The zero-order valence-electron chi connectivity index (χ0n) is 7.42. The number of carbonyl (C=O) groups excluding carboxylic acids is 1. The van der Waals surface area contributed by atoms with Crippen molar-refractivity contribution in [3.05, 3.63) is 0 Å². The largest absolute Gasteiger partial charge is 0.461 e. The molecule has 0 aliphatic rings. The SMILES string of the molecule is CCC(C)OC(=O)C(O)CCCl. The van der Waals surface area contributed by atoms with Gasteiger partial charge in [0.15, 0.2) is 6.10 Å². The lowest BCUT2D eigenvalue weighted by atomic mass is 10.2. The fraction of sp³-hybridized carbons (Fsp3) is 0.875. The summed E-state index contributed by atoms with van der Waals surface area (Å²) in [7, 11) is 0. The molecule has 2 unspecified atom stereocenters. The van der Waals surface area contributed by atoms with Crippen LogP contribution in [0.15, 0.2) is 0 Å². The molecule has 0 amide bonds. The van der Waals surface area contributed by atoms with Gasteiger partial charge in [-0.2, -0.15) is 0 Å². The van der Waals surface area contributed by atoms with E-state index in [9.17, 15) is 4.79 Å². The molecule has 4 heteroatoms. The van der Waals surface area contributed by atoms with Crippen LogP contribution in [0.4, 0.5) is 0 Å². The predicted molar refractivity (Wildman–Crippen MR) is 47.2 cm³/mol. The van der Waals surface area contributed by atoms with Crippen molar-refractivity contribution in [1.82, 2.24) is 0 Å². The van der Waals surface area contributed by atoms with Crippen LogP contribution in [-0.4, -0.2) is 29.2 Å². The number of rotatable bonds is 5. The normalized spacial score (nSPS) is 15.3. The summed E-state index contributed by atoms with van der Waals surface area (Å²) in [5.74, 6) is -0.318. The number of ether oxygens (including phenoxy) is 1. The highest BCUT2D eigenvalue weighted by atomic mass is 35.5. The molecule has 3 nitrogen and oxygen atoms in total. The van der Waals surface area contributed by atoms with Crippen molar-refractivity contribution in [3.63, 3.8) is 0 Å². The lowest BCUT2D eigenvalue weighted by Crippen LogP contribution is -2.26. The summed E-state index contributed by atoms with van der Waals surface area (Å²) in [6.07, 6.45) is -0.213. The van der Waals surface area contributed by atoms with E-state index in [4.69, 9.17) is 21.4 Å². The van der Waals surface area contributed by atoms with E-state index in [0.717, 1.165) is 6.42 Å². The minimum absolute atomic E-state index is 0.137. The first-order valence-electron chi connectivity index (χ1n) is 4.06. The molecule has 0 aliphatic carbocycles. The van der Waals surface area contributed by atoms with Crippen LogP contribution < -0.4 is 0 Å². The summed E-state index contributed by atoms with van der Waals surface area (Å²) >= 11 is 5.34. The van der Waals surface area contributed by atoms with E-state index in [2.05, 4.69) is 0 Å². The van der Waals surface area contributed by atoms with Gasteiger partial charge in [0.25, 0.3) is 0 Å². The molecule has 0 bridgehead atoms. The Morgan fingerprint density at radius 3 is 2.67 bits per heavy atom. The maximum Gasteiger partial charge on any atom is 0.335 e. The Morgan fingerprint density at radius 1 is 1.67 bits per heavy atom. The van der Waals surface area contributed by atoms with Gasteiger partial charge in [-0.05, 0) is 19.8 Å². The molecule has 0 aromatic carbocycles. The number of alkyl halides is 1. The maximum absolute atomic E-state index is 11.0. The van der Waals surface area contributed by atoms with Crippen LogP contribution in [0.5, 0.6) is 0 Å². The summed E-state index contributed by atoms with van der Waals surface area (Å²) in [5.41, 5.74) is 0. The quantitative estimate of drug-likeness (QED) is 0.531. The van der Waals surface area contributed by atoms with Gasteiger partial charge in [-0.1, -0.05) is 6.92 Å². The zero-order valence-corrected chi connectivity index (χ0v) is 8.17. The van der Waals surface area contributed by atoms with Crippen molar-refractivity contribution in [3.8, 4) is 0 Å². The molecule has 0 aromatic rings. The molecule has 0 spiro atoms. The number of carbonyl (C=O) groups is 1. The van der Waals surface area contributed by atoms with Crippen LogP contribution in [0.25, 0.3) is 0 Å². The monoisotopic (exact) mass is 194 g/mol. The van der Waals surface area contributed by atoms with E-state index < -0.39 is 12.1 Å². The molecule has 0 aliphatic heterocycles. The summed E-state index contributed by atoms with van der Waals surface area (Å²) in [4.78, 5) is 11.0. The van der Waals surface area contributed by atoms with E-state index in [-0.39, 0.29) is 18.4 Å². The third-order valence-electron chi connectivity index (χ3n) is 1.55. The molecule has 0 radical (unpaired) electrons.